The van der Waals surface area contributed by atoms with Crippen LogP contribution in [0.2, 0.25) is 0 Å². The SMILES string of the molecule is CCc1cc(C(=O)O)cc(NCC2(OC)CCOC2)n1. The molecule has 110 valence electrons. The average Bonchev–Trinajstić information content (AvgIpc) is 2.94. The van der Waals surface area contributed by atoms with Gasteiger partial charge in [-0.1, -0.05) is 6.92 Å². The van der Waals surface area contributed by atoms with Crippen LogP contribution in [0.4, 0.5) is 5.82 Å². The topological polar surface area (TPSA) is 80.7 Å². The molecule has 6 heteroatoms. The van der Waals surface area contributed by atoms with E-state index < -0.39 is 5.97 Å². The number of aryl methyl sites for hydroxylation is 1. The van der Waals surface area contributed by atoms with Gasteiger partial charge in [0, 0.05) is 32.4 Å². The van der Waals surface area contributed by atoms with E-state index in [-0.39, 0.29) is 11.2 Å². The Morgan fingerprint density at radius 2 is 2.40 bits per heavy atom. The van der Waals surface area contributed by atoms with Crippen molar-refractivity contribution in [2.24, 2.45) is 0 Å². The number of hydrogen-bond donors (Lipinski definition) is 2. The van der Waals surface area contributed by atoms with Crippen molar-refractivity contribution in [2.75, 3.05) is 32.2 Å². The van der Waals surface area contributed by atoms with Crippen LogP contribution < -0.4 is 5.32 Å². The van der Waals surface area contributed by atoms with Crippen molar-refractivity contribution in [1.82, 2.24) is 4.98 Å². The van der Waals surface area contributed by atoms with Crippen LogP contribution in [0.1, 0.15) is 29.4 Å². The highest BCUT2D eigenvalue weighted by Crippen LogP contribution is 2.23. The number of methoxy groups -OCH3 is 1. The molecule has 1 fully saturated rings. The summed E-state index contributed by atoms with van der Waals surface area (Å²) in [6.07, 6.45) is 1.50. The molecular weight excluding hydrogens is 260 g/mol. The molecule has 1 saturated heterocycles. The molecule has 0 aromatic carbocycles. The predicted octanol–water partition coefficient (Wildman–Crippen LogP) is 1.56. The van der Waals surface area contributed by atoms with E-state index >= 15 is 0 Å². The summed E-state index contributed by atoms with van der Waals surface area (Å²) in [7, 11) is 1.66. The van der Waals surface area contributed by atoms with Gasteiger partial charge < -0.3 is 19.9 Å². The molecule has 20 heavy (non-hydrogen) atoms. The summed E-state index contributed by atoms with van der Waals surface area (Å²) in [6.45, 7) is 3.70. The van der Waals surface area contributed by atoms with Gasteiger partial charge in [-0.05, 0) is 18.6 Å². The third-order valence-electron chi connectivity index (χ3n) is 3.58. The number of nitrogens with zero attached hydrogens (tertiary/aromatic N) is 1. The largest absolute Gasteiger partial charge is 0.478 e. The van der Waals surface area contributed by atoms with E-state index in [2.05, 4.69) is 10.3 Å². The Kier molecular flexibility index (Phi) is 4.57. The second-order valence-electron chi connectivity index (χ2n) is 4.93. The summed E-state index contributed by atoms with van der Waals surface area (Å²) in [6, 6.07) is 3.14. The van der Waals surface area contributed by atoms with Gasteiger partial charge >= 0.3 is 5.97 Å². The third-order valence-corrected chi connectivity index (χ3v) is 3.58. The fraction of sp³-hybridized carbons (Fsp3) is 0.571. The zero-order valence-corrected chi connectivity index (χ0v) is 11.8. The molecule has 0 saturated carbocycles. The molecule has 0 aliphatic carbocycles. The molecule has 0 spiro atoms. The zero-order valence-electron chi connectivity index (χ0n) is 11.8. The second-order valence-corrected chi connectivity index (χ2v) is 4.93. The van der Waals surface area contributed by atoms with Crippen LogP contribution in [-0.2, 0) is 15.9 Å². The Morgan fingerprint density at radius 3 is 2.95 bits per heavy atom. The molecule has 1 aromatic heterocycles. The van der Waals surface area contributed by atoms with Gasteiger partial charge in [-0.25, -0.2) is 9.78 Å². The predicted molar refractivity (Wildman–Crippen MR) is 74.2 cm³/mol. The van der Waals surface area contributed by atoms with Crippen LogP contribution in [0.3, 0.4) is 0 Å². The first kappa shape index (κ1) is 14.7. The Labute approximate surface area is 118 Å². The Hall–Kier alpha value is -1.66. The lowest BCUT2D eigenvalue weighted by Gasteiger charge is -2.26. The normalized spacial score (nSPS) is 21.9. The van der Waals surface area contributed by atoms with Crippen molar-refractivity contribution in [1.29, 1.82) is 0 Å². The first-order valence-corrected chi connectivity index (χ1v) is 6.69. The smallest absolute Gasteiger partial charge is 0.335 e. The van der Waals surface area contributed by atoms with Gasteiger partial charge in [0.25, 0.3) is 0 Å². The van der Waals surface area contributed by atoms with Gasteiger partial charge in [-0.15, -0.1) is 0 Å². The highest BCUT2D eigenvalue weighted by molar-refractivity contribution is 5.88. The number of nitrogens with one attached hydrogen (secondary N) is 1. The van der Waals surface area contributed by atoms with Gasteiger partial charge in [0.05, 0.1) is 12.2 Å². The second kappa shape index (κ2) is 6.19. The Morgan fingerprint density at radius 1 is 1.60 bits per heavy atom. The van der Waals surface area contributed by atoms with Crippen LogP contribution in [0, 0.1) is 0 Å². The monoisotopic (exact) mass is 280 g/mol. The molecule has 2 N–H and O–H groups in total. The van der Waals surface area contributed by atoms with E-state index in [1.54, 1.807) is 19.2 Å². The number of rotatable bonds is 6. The molecule has 2 heterocycles. The first-order valence-electron chi connectivity index (χ1n) is 6.69. The minimum Gasteiger partial charge on any atom is -0.478 e. The standard InChI is InChI=1S/C14H20N2O4/c1-3-11-6-10(13(17)18)7-12(16-11)15-8-14(19-2)4-5-20-9-14/h6-7H,3-5,8-9H2,1-2H3,(H,15,16)(H,17,18). The number of carboxylic acids is 1. The van der Waals surface area contributed by atoms with Gasteiger partial charge in [0.1, 0.15) is 11.4 Å². The lowest BCUT2D eigenvalue weighted by Crippen LogP contribution is -2.39. The Balaban J connectivity index is 2.12. The van der Waals surface area contributed by atoms with E-state index in [0.717, 1.165) is 12.1 Å². The fourth-order valence-electron chi connectivity index (χ4n) is 2.20. The third kappa shape index (κ3) is 3.26. The molecule has 1 aromatic rings. The number of ether oxygens (including phenoxy) is 2. The van der Waals surface area contributed by atoms with Crippen molar-refractivity contribution >= 4 is 11.8 Å². The van der Waals surface area contributed by atoms with Crippen LogP contribution in [0.5, 0.6) is 0 Å². The zero-order chi connectivity index (χ0) is 14.6. The van der Waals surface area contributed by atoms with Gasteiger partial charge in [-0.2, -0.15) is 0 Å². The summed E-state index contributed by atoms with van der Waals surface area (Å²) in [5, 5.41) is 12.3. The quantitative estimate of drug-likeness (QED) is 0.823. The number of carboxylic acid groups (broad SMARTS) is 1. The van der Waals surface area contributed by atoms with E-state index in [1.165, 1.54) is 0 Å². The maximum atomic E-state index is 11.1. The van der Waals surface area contributed by atoms with Crippen molar-refractivity contribution in [2.45, 2.75) is 25.4 Å². The molecule has 0 amide bonds. The summed E-state index contributed by atoms with van der Waals surface area (Å²) < 4.78 is 10.9. The summed E-state index contributed by atoms with van der Waals surface area (Å²) in [5.41, 5.74) is 0.642. The number of hydrogen-bond acceptors (Lipinski definition) is 5. The van der Waals surface area contributed by atoms with Crippen LogP contribution in [0.15, 0.2) is 12.1 Å². The van der Waals surface area contributed by atoms with E-state index in [4.69, 9.17) is 14.6 Å². The maximum absolute atomic E-state index is 11.1. The highest BCUT2D eigenvalue weighted by atomic mass is 16.5. The summed E-state index contributed by atoms with van der Waals surface area (Å²) in [4.78, 5) is 15.5. The molecule has 2 rings (SSSR count). The minimum absolute atomic E-state index is 0.244. The maximum Gasteiger partial charge on any atom is 0.335 e. The highest BCUT2D eigenvalue weighted by Gasteiger charge is 2.34. The van der Waals surface area contributed by atoms with Crippen LogP contribution in [-0.4, -0.2) is 48.5 Å². The lowest BCUT2D eigenvalue weighted by molar-refractivity contribution is -0.00625. The van der Waals surface area contributed by atoms with Crippen LogP contribution in [0.25, 0.3) is 0 Å². The molecular formula is C14H20N2O4. The molecule has 1 aliphatic heterocycles. The van der Waals surface area contributed by atoms with E-state index in [9.17, 15) is 4.79 Å². The summed E-state index contributed by atoms with van der Waals surface area (Å²) >= 11 is 0. The lowest BCUT2D eigenvalue weighted by atomic mass is 10.0. The molecule has 0 radical (unpaired) electrons. The number of aromatic nitrogens is 1. The van der Waals surface area contributed by atoms with Crippen LogP contribution >= 0.6 is 0 Å². The average molecular weight is 280 g/mol. The van der Waals surface area contributed by atoms with E-state index in [0.29, 0.717) is 32.0 Å². The van der Waals surface area contributed by atoms with Gasteiger partial charge in [0.15, 0.2) is 0 Å². The van der Waals surface area contributed by atoms with E-state index in [1.807, 2.05) is 6.92 Å². The molecule has 6 nitrogen and oxygen atoms in total. The van der Waals surface area contributed by atoms with Crippen molar-refractivity contribution in [3.8, 4) is 0 Å². The Bertz CT molecular complexity index is 484. The first-order chi connectivity index (χ1) is 9.58. The van der Waals surface area contributed by atoms with Crippen molar-refractivity contribution in [3.05, 3.63) is 23.4 Å². The fourth-order valence-corrected chi connectivity index (χ4v) is 2.20. The number of aromatic carboxylic acids is 1. The minimum atomic E-state index is -0.948. The summed E-state index contributed by atoms with van der Waals surface area (Å²) in [5.74, 6) is -0.388. The van der Waals surface area contributed by atoms with Crippen molar-refractivity contribution in [3.63, 3.8) is 0 Å². The number of anilines is 1. The molecule has 1 atom stereocenters. The molecule has 0 bridgehead atoms. The van der Waals surface area contributed by atoms with Gasteiger partial charge in [0.2, 0.25) is 0 Å². The number of pyridine rings is 1. The number of carbonyl (C=O) groups is 1. The van der Waals surface area contributed by atoms with Crippen molar-refractivity contribution < 1.29 is 19.4 Å². The van der Waals surface area contributed by atoms with Gasteiger partial charge in [-0.3, -0.25) is 0 Å². The molecule has 1 aliphatic rings. The molecule has 1 unspecified atom stereocenters.